The largest absolute Gasteiger partial charge is 0.497 e. The van der Waals surface area contributed by atoms with Gasteiger partial charge in [0.05, 0.1) is 7.11 Å². The van der Waals surface area contributed by atoms with Gasteiger partial charge in [0, 0.05) is 19.2 Å². The highest BCUT2D eigenvalue weighted by atomic mass is 16.5. The van der Waals surface area contributed by atoms with Crippen LogP contribution in [-0.2, 0) is 6.42 Å². The number of nitrogens with one attached hydrogen (secondary N) is 2. The van der Waals surface area contributed by atoms with Crippen molar-refractivity contribution in [3.05, 3.63) is 53.9 Å². The van der Waals surface area contributed by atoms with Gasteiger partial charge in [0.2, 0.25) is 0 Å². The van der Waals surface area contributed by atoms with Gasteiger partial charge < -0.3 is 15.4 Å². The van der Waals surface area contributed by atoms with Gasteiger partial charge >= 0.3 is 0 Å². The molecule has 2 N–H and O–H groups in total. The molecule has 0 atom stereocenters. The summed E-state index contributed by atoms with van der Waals surface area (Å²) in [7, 11) is 1.68. The Morgan fingerprint density at radius 1 is 0.962 bits per heavy atom. The first-order valence-electron chi connectivity index (χ1n) is 9.44. The van der Waals surface area contributed by atoms with E-state index in [9.17, 15) is 0 Å². The number of nitrogens with zero attached hydrogens (tertiary/aromatic N) is 2. The normalized spacial score (nSPS) is 13.8. The van der Waals surface area contributed by atoms with Crippen molar-refractivity contribution in [1.82, 2.24) is 9.97 Å². The highest BCUT2D eigenvalue weighted by Crippen LogP contribution is 2.20. The number of benzene rings is 1. The van der Waals surface area contributed by atoms with E-state index in [2.05, 4.69) is 38.8 Å². The minimum atomic E-state index is 0.829. The number of allylic oxidation sites excluding steroid dienone is 1. The zero-order chi connectivity index (χ0) is 18.0. The maximum atomic E-state index is 5.18. The number of ether oxygens (including phenoxy) is 1. The van der Waals surface area contributed by atoms with Crippen molar-refractivity contribution in [2.45, 2.75) is 38.5 Å². The van der Waals surface area contributed by atoms with E-state index in [1.54, 1.807) is 19.0 Å². The van der Waals surface area contributed by atoms with E-state index in [1.165, 1.54) is 31.2 Å². The first kappa shape index (κ1) is 18.2. The van der Waals surface area contributed by atoms with E-state index in [4.69, 9.17) is 4.74 Å². The van der Waals surface area contributed by atoms with Crippen molar-refractivity contribution < 1.29 is 4.74 Å². The molecule has 1 aliphatic rings. The maximum Gasteiger partial charge on any atom is 0.131 e. The number of hydrogen-bond donors (Lipinski definition) is 2. The van der Waals surface area contributed by atoms with Crippen molar-refractivity contribution in [3.63, 3.8) is 0 Å². The number of rotatable bonds is 9. The van der Waals surface area contributed by atoms with Crippen LogP contribution in [0.4, 0.5) is 11.6 Å². The standard InChI is InChI=1S/C21H28N4O/c1-26-19-9-7-18(8-10-19)12-14-23-21-15-20(24-16-25-21)22-13-11-17-5-3-2-4-6-17/h5,7-10,15-16H,2-4,6,11-14H2,1H3,(H2,22,23,24,25). The second-order valence-corrected chi connectivity index (χ2v) is 6.60. The summed E-state index contributed by atoms with van der Waals surface area (Å²) in [6.45, 7) is 1.75. The van der Waals surface area contributed by atoms with Crippen LogP contribution in [0.25, 0.3) is 0 Å². The maximum absolute atomic E-state index is 5.18. The fourth-order valence-corrected chi connectivity index (χ4v) is 3.16. The molecule has 0 saturated heterocycles. The Morgan fingerprint density at radius 2 is 1.69 bits per heavy atom. The Hall–Kier alpha value is -2.56. The molecule has 5 nitrogen and oxygen atoms in total. The predicted molar refractivity (Wildman–Crippen MR) is 107 cm³/mol. The lowest BCUT2D eigenvalue weighted by atomic mass is 9.97. The van der Waals surface area contributed by atoms with Gasteiger partial charge in [-0.1, -0.05) is 23.8 Å². The lowest BCUT2D eigenvalue weighted by molar-refractivity contribution is 0.414. The smallest absolute Gasteiger partial charge is 0.131 e. The predicted octanol–water partition coefficient (Wildman–Crippen LogP) is 4.44. The molecule has 0 spiro atoms. The second-order valence-electron chi connectivity index (χ2n) is 6.60. The summed E-state index contributed by atoms with van der Waals surface area (Å²) in [4.78, 5) is 8.61. The van der Waals surface area contributed by atoms with Crippen LogP contribution in [0, 0.1) is 0 Å². The molecule has 0 radical (unpaired) electrons. The summed E-state index contributed by atoms with van der Waals surface area (Å²) >= 11 is 0. The Bertz CT molecular complexity index is 712. The quantitative estimate of drug-likeness (QED) is 0.653. The van der Waals surface area contributed by atoms with Crippen molar-refractivity contribution in [1.29, 1.82) is 0 Å². The third kappa shape index (κ3) is 5.76. The topological polar surface area (TPSA) is 59.1 Å². The van der Waals surface area contributed by atoms with Gasteiger partial charge in [0.15, 0.2) is 0 Å². The van der Waals surface area contributed by atoms with Crippen molar-refractivity contribution >= 4 is 11.6 Å². The summed E-state index contributed by atoms with van der Waals surface area (Å²) in [5, 5.41) is 6.78. The Balaban J connectivity index is 1.42. The molecular weight excluding hydrogens is 324 g/mol. The third-order valence-electron chi connectivity index (χ3n) is 4.68. The molecule has 0 fully saturated rings. The first-order chi connectivity index (χ1) is 12.8. The highest BCUT2D eigenvalue weighted by Gasteiger charge is 2.04. The second kappa shape index (κ2) is 9.80. The molecule has 2 aromatic rings. The Kier molecular flexibility index (Phi) is 6.88. The SMILES string of the molecule is COc1ccc(CCNc2cc(NCCC3=CCCCC3)ncn2)cc1. The van der Waals surface area contributed by atoms with Crippen LogP contribution in [0.2, 0.25) is 0 Å². The molecule has 1 aromatic carbocycles. The first-order valence-corrected chi connectivity index (χ1v) is 9.44. The van der Waals surface area contributed by atoms with Crippen LogP contribution in [0.15, 0.2) is 48.3 Å². The van der Waals surface area contributed by atoms with Crippen LogP contribution in [-0.4, -0.2) is 30.2 Å². The molecule has 1 aliphatic carbocycles. The van der Waals surface area contributed by atoms with Crippen LogP contribution >= 0.6 is 0 Å². The van der Waals surface area contributed by atoms with Crippen LogP contribution in [0.3, 0.4) is 0 Å². The number of hydrogen-bond acceptors (Lipinski definition) is 5. The van der Waals surface area contributed by atoms with Crippen LogP contribution < -0.4 is 15.4 Å². The number of methoxy groups -OCH3 is 1. The lowest BCUT2D eigenvalue weighted by Crippen LogP contribution is -2.09. The molecule has 0 aliphatic heterocycles. The van der Waals surface area contributed by atoms with E-state index in [1.807, 2.05) is 18.2 Å². The lowest BCUT2D eigenvalue weighted by Gasteiger charge is -2.13. The minimum absolute atomic E-state index is 0.829. The summed E-state index contributed by atoms with van der Waals surface area (Å²) in [6.07, 6.45) is 11.2. The fraction of sp³-hybridized carbons (Fsp3) is 0.429. The molecule has 5 heteroatoms. The zero-order valence-corrected chi connectivity index (χ0v) is 15.5. The molecule has 26 heavy (non-hydrogen) atoms. The summed E-state index contributed by atoms with van der Waals surface area (Å²) in [6, 6.07) is 10.1. The molecule has 138 valence electrons. The average molecular weight is 352 g/mol. The fourth-order valence-electron chi connectivity index (χ4n) is 3.16. The summed E-state index contributed by atoms with van der Waals surface area (Å²) in [5.41, 5.74) is 2.85. The highest BCUT2D eigenvalue weighted by molar-refractivity contribution is 5.46. The minimum Gasteiger partial charge on any atom is -0.497 e. The van der Waals surface area contributed by atoms with E-state index in [0.717, 1.165) is 43.3 Å². The average Bonchev–Trinajstić information content (AvgIpc) is 2.70. The van der Waals surface area contributed by atoms with Gasteiger partial charge in [0.1, 0.15) is 23.7 Å². The third-order valence-corrected chi connectivity index (χ3v) is 4.68. The van der Waals surface area contributed by atoms with Gasteiger partial charge in [-0.3, -0.25) is 0 Å². The van der Waals surface area contributed by atoms with Gasteiger partial charge in [-0.05, 0) is 56.2 Å². The van der Waals surface area contributed by atoms with E-state index in [-0.39, 0.29) is 0 Å². The molecule has 1 aromatic heterocycles. The molecular formula is C21H28N4O. The number of aromatic nitrogens is 2. The molecule has 0 bridgehead atoms. The molecule has 1 heterocycles. The molecule has 0 amide bonds. The Morgan fingerprint density at radius 3 is 2.35 bits per heavy atom. The van der Waals surface area contributed by atoms with Gasteiger partial charge in [-0.15, -0.1) is 0 Å². The summed E-state index contributed by atoms with van der Waals surface area (Å²) < 4.78 is 5.18. The zero-order valence-electron chi connectivity index (χ0n) is 15.5. The van der Waals surface area contributed by atoms with E-state index >= 15 is 0 Å². The van der Waals surface area contributed by atoms with Gasteiger partial charge in [-0.2, -0.15) is 0 Å². The van der Waals surface area contributed by atoms with E-state index < -0.39 is 0 Å². The Labute approximate surface area is 155 Å². The number of anilines is 2. The van der Waals surface area contributed by atoms with Crippen molar-refractivity contribution in [3.8, 4) is 5.75 Å². The van der Waals surface area contributed by atoms with Crippen molar-refractivity contribution in [2.75, 3.05) is 30.8 Å². The molecule has 3 rings (SSSR count). The van der Waals surface area contributed by atoms with Gasteiger partial charge in [0.25, 0.3) is 0 Å². The van der Waals surface area contributed by atoms with Crippen molar-refractivity contribution in [2.24, 2.45) is 0 Å². The van der Waals surface area contributed by atoms with E-state index in [0.29, 0.717) is 0 Å². The summed E-state index contributed by atoms with van der Waals surface area (Å²) in [5.74, 6) is 2.62. The van der Waals surface area contributed by atoms with Crippen LogP contribution in [0.1, 0.15) is 37.7 Å². The molecule has 0 unspecified atom stereocenters. The van der Waals surface area contributed by atoms with Gasteiger partial charge in [-0.25, -0.2) is 9.97 Å². The molecule has 0 saturated carbocycles. The van der Waals surface area contributed by atoms with Crippen LogP contribution in [0.5, 0.6) is 5.75 Å². The monoisotopic (exact) mass is 352 g/mol.